The normalized spacial score (nSPS) is 10.4. The van der Waals surface area contributed by atoms with Crippen molar-refractivity contribution < 1.29 is 4.79 Å². The number of hydrogen-bond acceptors (Lipinski definition) is 2. The Morgan fingerprint density at radius 2 is 2.06 bits per heavy atom. The molecule has 0 radical (unpaired) electrons. The molecule has 0 bridgehead atoms. The largest absolute Gasteiger partial charge is 0.328 e. The second-order valence-corrected chi connectivity index (χ2v) is 4.13. The molecule has 1 aromatic heterocycles. The van der Waals surface area contributed by atoms with Gasteiger partial charge in [0.1, 0.15) is 5.82 Å². The molecule has 3 nitrogen and oxygen atoms in total. The fourth-order valence-corrected chi connectivity index (χ4v) is 1.77. The Hall–Kier alpha value is -1.90. The van der Waals surface area contributed by atoms with Gasteiger partial charge in [-0.05, 0) is 18.9 Å². The lowest BCUT2D eigenvalue weighted by atomic mass is 10.1. The summed E-state index contributed by atoms with van der Waals surface area (Å²) in [5.74, 6) is 1.13. The molecule has 0 aliphatic carbocycles. The number of carbonyl (C=O) groups is 1. The maximum Gasteiger partial charge on any atom is 0.152 e. The van der Waals surface area contributed by atoms with Crippen molar-refractivity contribution >= 4 is 5.78 Å². The minimum absolute atomic E-state index is 0.245. The van der Waals surface area contributed by atoms with Crippen molar-refractivity contribution in [2.45, 2.75) is 26.3 Å². The van der Waals surface area contributed by atoms with Crippen LogP contribution in [0.1, 0.15) is 17.8 Å². The van der Waals surface area contributed by atoms with Crippen molar-refractivity contribution in [2.24, 2.45) is 0 Å². The van der Waals surface area contributed by atoms with Crippen LogP contribution in [0.5, 0.6) is 0 Å². The smallest absolute Gasteiger partial charge is 0.152 e. The van der Waals surface area contributed by atoms with E-state index in [2.05, 4.69) is 17.1 Å². The molecule has 2 aromatic rings. The van der Waals surface area contributed by atoms with E-state index in [1.54, 1.807) is 6.20 Å². The van der Waals surface area contributed by atoms with Crippen LogP contribution in [-0.4, -0.2) is 15.3 Å². The zero-order valence-electron chi connectivity index (χ0n) is 9.97. The summed E-state index contributed by atoms with van der Waals surface area (Å²) >= 11 is 0. The van der Waals surface area contributed by atoms with E-state index in [9.17, 15) is 4.79 Å². The van der Waals surface area contributed by atoms with Crippen LogP contribution in [0.25, 0.3) is 0 Å². The Morgan fingerprint density at radius 3 is 2.71 bits per heavy atom. The van der Waals surface area contributed by atoms with Crippen LogP contribution in [0.4, 0.5) is 0 Å². The van der Waals surface area contributed by atoms with Crippen molar-refractivity contribution in [1.29, 1.82) is 0 Å². The number of hydrogen-bond donors (Lipinski definition) is 0. The van der Waals surface area contributed by atoms with Gasteiger partial charge in [-0.15, -0.1) is 0 Å². The molecule has 0 fully saturated rings. The number of imidazole rings is 1. The first-order chi connectivity index (χ1) is 8.25. The maximum absolute atomic E-state index is 11.8. The Labute approximate surface area is 101 Å². The number of rotatable bonds is 5. The zero-order valence-corrected chi connectivity index (χ0v) is 9.97. The highest BCUT2D eigenvalue weighted by atomic mass is 16.1. The quantitative estimate of drug-likeness (QED) is 0.787. The average Bonchev–Trinajstić information content (AvgIpc) is 2.74. The van der Waals surface area contributed by atoms with Crippen LogP contribution in [0, 0.1) is 6.92 Å². The highest BCUT2D eigenvalue weighted by Gasteiger charge is 2.05. The summed E-state index contributed by atoms with van der Waals surface area (Å²) in [5.41, 5.74) is 1.21. The lowest BCUT2D eigenvalue weighted by Gasteiger charge is -2.04. The highest BCUT2D eigenvalue weighted by molar-refractivity contribution is 5.78. The molecule has 0 atom stereocenters. The van der Waals surface area contributed by atoms with Gasteiger partial charge in [0, 0.05) is 18.8 Å². The number of ketones is 1. The third-order valence-electron chi connectivity index (χ3n) is 2.81. The molecule has 0 aliphatic rings. The predicted molar refractivity (Wildman–Crippen MR) is 66.7 cm³/mol. The number of Topliss-reactive ketones (excluding diaryl/α,β-unsaturated/α-hetero) is 1. The second-order valence-electron chi connectivity index (χ2n) is 4.13. The zero-order chi connectivity index (χ0) is 12.1. The third-order valence-corrected chi connectivity index (χ3v) is 2.81. The molecule has 0 aliphatic heterocycles. The summed E-state index contributed by atoms with van der Waals surface area (Å²) < 4.78 is 1.88. The van der Waals surface area contributed by atoms with E-state index in [1.165, 1.54) is 5.56 Å². The van der Waals surface area contributed by atoms with Gasteiger partial charge in [-0.3, -0.25) is 4.79 Å². The van der Waals surface area contributed by atoms with Gasteiger partial charge in [-0.1, -0.05) is 30.3 Å². The van der Waals surface area contributed by atoms with Gasteiger partial charge >= 0.3 is 0 Å². The third kappa shape index (κ3) is 3.28. The summed E-state index contributed by atoms with van der Waals surface area (Å²) in [6.07, 6.45) is 4.96. The first-order valence-corrected chi connectivity index (χ1v) is 5.79. The van der Waals surface area contributed by atoms with Gasteiger partial charge < -0.3 is 4.57 Å². The number of aryl methyl sites for hydroxylation is 2. The van der Waals surface area contributed by atoms with Gasteiger partial charge in [-0.2, -0.15) is 0 Å². The lowest BCUT2D eigenvalue weighted by molar-refractivity contribution is -0.119. The average molecular weight is 228 g/mol. The summed E-state index contributed by atoms with van der Waals surface area (Å²) in [7, 11) is 0. The minimum Gasteiger partial charge on any atom is -0.328 e. The number of nitrogens with zero attached hydrogens (tertiary/aromatic N) is 2. The van der Waals surface area contributed by atoms with E-state index < -0.39 is 0 Å². The standard InChI is InChI=1S/C14H16N2O/c1-12-15-9-10-16(12)11-14(17)8-7-13-5-3-2-4-6-13/h2-6,9-10H,7-8,11H2,1H3. The van der Waals surface area contributed by atoms with E-state index in [-0.39, 0.29) is 5.78 Å². The van der Waals surface area contributed by atoms with Crippen LogP contribution in [0.3, 0.4) is 0 Å². The summed E-state index contributed by atoms with van der Waals surface area (Å²) in [6.45, 7) is 2.34. The van der Waals surface area contributed by atoms with Crippen LogP contribution >= 0.6 is 0 Å². The van der Waals surface area contributed by atoms with Gasteiger partial charge in [-0.25, -0.2) is 4.98 Å². The SMILES string of the molecule is Cc1nccn1CC(=O)CCc1ccccc1. The minimum atomic E-state index is 0.245. The molecule has 3 heteroatoms. The monoisotopic (exact) mass is 228 g/mol. The maximum atomic E-state index is 11.8. The molecule has 1 heterocycles. The molecule has 88 valence electrons. The summed E-state index contributed by atoms with van der Waals surface area (Å²) in [6, 6.07) is 10.1. The van der Waals surface area contributed by atoms with Gasteiger partial charge in [0.15, 0.2) is 5.78 Å². The Kier molecular flexibility index (Phi) is 3.70. The number of aromatic nitrogens is 2. The van der Waals surface area contributed by atoms with Crippen LogP contribution in [0.15, 0.2) is 42.7 Å². The summed E-state index contributed by atoms with van der Waals surface area (Å²) in [4.78, 5) is 15.9. The van der Waals surface area contributed by atoms with E-state index in [0.29, 0.717) is 13.0 Å². The summed E-state index contributed by atoms with van der Waals surface area (Å²) in [5, 5.41) is 0. The van der Waals surface area contributed by atoms with Gasteiger partial charge in [0.2, 0.25) is 0 Å². The first kappa shape index (κ1) is 11.6. The van der Waals surface area contributed by atoms with E-state index >= 15 is 0 Å². The fourth-order valence-electron chi connectivity index (χ4n) is 1.77. The van der Waals surface area contributed by atoms with E-state index in [0.717, 1.165) is 12.2 Å². The molecule has 0 spiro atoms. The Balaban J connectivity index is 1.85. The molecule has 0 amide bonds. The Morgan fingerprint density at radius 1 is 1.29 bits per heavy atom. The second kappa shape index (κ2) is 5.43. The predicted octanol–water partition coefficient (Wildman–Crippen LogP) is 2.39. The van der Waals surface area contributed by atoms with Crippen molar-refractivity contribution in [3.63, 3.8) is 0 Å². The number of carbonyl (C=O) groups excluding carboxylic acids is 1. The molecule has 17 heavy (non-hydrogen) atoms. The molecular formula is C14H16N2O. The lowest BCUT2D eigenvalue weighted by Crippen LogP contribution is -2.11. The van der Waals surface area contributed by atoms with Crippen LogP contribution in [-0.2, 0) is 17.8 Å². The van der Waals surface area contributed by atoms with Gasteiger partial charge in [0.05, 0.1) is 6.54 Å². The molecule has 0 saturated carbocycles. The topological polar surface area (TPSA) is 34.9 Å². The fraction of sp³-hybridized carbons (Fsp3) is 0.286. The van der Waals surface area contributed by atoms with Gasteiger partial charge in [0.25, 0.3) is 0 Å². The van der Waals surface area contributed by atoms with Crippen molar-refractivity contribution in [1.82, 2.24) is 9.55 Å². The van der Waals surface area contributed by atoms with Crippen molar-refractivity contribution in [3.8, 4) is 0 Å². The number of benzene rings is 1. The molecular weight excluding hydrogens is 212 g/mol. The van der Waals surface area contributed by atoms with E-state index in [1.807, 2.05) is 35.9 Å². The molecule has 2 rings (SSSR count). The molecule has 0 N–H and O–H groups in total. The molecule has 1 aromatic carbocycles. The Bertz CT molecular complexity index is 488. The van der Waals surface area contributed by atoms with Crippen LogP contribution < -0.4 is 0 Å². The molecule has 0 saturated heterocycles. The molecule has 0 unspecified atom stereocenters. The van der Waals surface area contributed by atoms with Crippen LogP contribution in [0.2, 0.25) is 0 Å². The first-order valence-electron chi connectivity index (χ1n) is 5.79. The van der Waals surface area contributed by atoms with E-state index in [4.69, 9.17) is 0 Å². The van der Waals surface area contributed by atoms with Crippen molar-refractivity contribution in [3.05, 3.63) is 54.1 Å². The highest BCUT2D eigenvalue weighted by Crippen LogP contribution is 2.04. The van der Waals surface area contributed by atoms with Crippen molar-refractivity contribution in [2.75, 3.05) is 0 Å².